The Hall–Kier alpha value is -2.54. The molecule has 1 saturated heterocycles. The number of nitrogens with zero attached hydrogens (tertiary/aromatic N) is 3. The minimum Gasteiger partial charge on any atom is -0.377 e. The number of morpholine rings is 1. The number of carbonyl (C=O) groups excluding carboxylic acids is 1. The van der Waals surface area contributed by atoms with Crippen molar-refractivity contribution in [3.8, 4) is 0 Å². The smallest absolute Gasteiger partial charge is 0.318 e. The van der Waals surface area contributed by atoms with Crippen molar-refractivity contribution in [2.75, 3.05) is 26.3 Å². The van der Waals surface area contributed by atoms with Crippen LogP contribution in [0.15, 0.2) is 42.9 Å². The van der Waals surface area contributed by atoms with Gasteiger partial charge in [-0.05, 0) is 17.7 Å². The molecule has 2 aromatic rings. The van der Waals surface area contributed by atoms with E-state index in [0.717, 1.165) is 11.3 Å². The third-order valence-electron chi connectivity index (χ3n) is 3.92. The van der Waals surface area contributed by atoms with E-state index >= 15 is 0 Å². The number of rotatable bonds is 4. The first-order valence-electron chi connectivity index (χ1n) is 7.86. The standard InChI is InChI=1S/C17H19FN4O2/c18-14-3-1-13(2-4-14)16-12-24-10-9-22(16)17(23)21-6-5-15-11-19-7-8-20-15/h1-4,7-8,11,16H,5-6,9-10,12H2,(H,21,23)/t16-/m0/s1. The zero-order chi connectivity index (χ0) is 16.8. The fourth-order valence-electron chi connectivity index (χ4n) is 2.67. The summed E-state index contributed by atoms with van der Waals surface area (Å²) in [5, 5.41) is 2.90. The van der Waals surface area contributed by atoms with Crippen LogP contribution in [0.25, 0.3) is 0 Å². The van der Waals surface area contributed by atoms with Gasteiger partial charge in [0.2, 0.25) is 0 Å². The highest BCUT2D eigenvalue weighted by molar-refractivity contribution is 5.75. The Balaban J connectivity index is 1.60. The maximum absolute atomic E-state index is 13.1. The van der Waals surface area contributed by atoms with Crippen LogP contribution in [0.2, 0.25) is 0 Å². The van der Waals surface area contributed by atoms with Crippen LogP contribution in [0.4, 0.5) is 9.18 Å². The predicted molar refractivity (Wildman–Crippen MR) is 85.8 cm³/mol. The number of halogens is 1. The van der Waals surface area contributed by atoms with Gasteiger partial charge in [-0.25, -0.2) is 9.18 Å². The number of ether oxygens (including phenoxy) is 1. The summed E-state index contributed by atoms with van der Waals surface area (Å²) in [5.41, 5.74) is 1.69. The second-order valence-electron chi connectivity index (χ2n) is 5.51. The Kier molecular flexibility index (Phi) is 5.32. The molecule has 0 saturated carbocycles. The maximum atomic E-state index is 13.1. The average molecular weight is 330 g/mol. The summed E-state index contributed by atoms with van der Waals surface area (Å²) in [6.45, 7) is 1.88. The molecule has 126 valence electrons. The van der Waals surface area contributed by atoms with Gasteiger partial charge in [0.25, 0.3) is 0 Å². The van der Waals surface area contributed by atoms with Crippen molar-refractivity contribution in [2.45, 2.75) is 12.5 Å². The summed E-state index contributed by atoms with van der Waals surface area (Å²) in [4.78, 5) is 22.4. The monoisotopic (exact) mass is 330 g/mol. The molecule has 1 aromatic heterocycles. The summed E-state index contributed by atoms with van der Waals surface area (Å²) in [6, 6.07) is 5.80. The Morgan fingerprint density at radius 2 is 2.17 bits per heavy atom. The van der Waals surface area contributed by atoms with Crippen LogP contribution < -0.4 is 5.32 Å². The van der Waals surface area contributed by atoms with Crippen LogP contribution in [-0.2, 0) is 11.2 Å². The molecule has 1 N–H and O–H groups in total. The number of aromatic nitrogens is 2. The van der Waals surface area contributed by atoms with Gasteiger partial charge in [-0.1, -0.05) is 12.1 Å². The number of hydrogen-bond acceptors (Lipinski definition) is 4. The van der Waals surface area contributed by atoms with Crippen molar-refractivity contribution in [3.05, 3.63) is 59.9 Å². The molecule has 1 atom stereocenters. The molecular weight excluding hydrogens is 311 g/mol. The molecule has 2 heterocycles. The van der Waals surface area contributed by atoms with E-state index < -0.39 is 0 Å². The van der Waals surface area contributed by atoms with Crippen LogP contribution in [0, 0.1) is 5.82 Å². The van der Waals surface area contributed by atoms with Gasteiger partial charge in [-0.15, -0.1) is 0 Å². The second-order valence-corrected chi connectivity index (χ2v) is 5.51. The number of hydrogen-bond donors (Lipinski definition) is 1. The number of amides is 2. The highest BCUT2D eigenvalue weighted by Gasteiger charge is 2.28. The molecule has 0 radical (unpaired) electrons. The fourth-order valence-corrected chi connectivity index (χ4v) is 2.67. The largest absolute Gasteiger partial charge is 0.377 e. The Labute approximate surface area is 139 Å². The summed E-state index contributed by atoms with van der Waals surface area (Å²) in [5.74, 6) is -0.296. The van der Waals surface area contributed by atoms with E-state index in [1.165, 1.54) is 12.1 Å². The lowest BCUT2D eigenvalue weighted by Gasteiger charge is -2.35. The zero-order valence-corrected chi connectivity index (χ0v) is 13.2. The maximum Gasteiger partial charge on any atom is 0.318 e. The molecule has 2 amide bonds. The van der Waals surface area contributed by atoms with Gasteiger partial charge in [0.15, 0.2) is 0 Å². The lowest BCUT2D eigenvalue weighted by atomic mass is 10.1. The molecule has 3 rings (SSSR count). The first kappa shape index (κ1) is 16.3. The Morgan fingerprint density at radius 3 is 2.92 bits per heavy atom. The molecule has 0 aliphatic carbocycles. The molecule has 1 aromatic carbocycles. The van der Waals surface area contributed by atoms with Crippen LogP contribution in [0.1, 0.15) is 17.3 Å². The highest BCUT2D eigenvalue weighted by atomic mass is 19.1. The van der Waals surface area contributed by atoms with Gasteiger partial charge in [-0.3, -0.25) is 9.97 Å². The Bertz CT molecular complexity index is 666. The topological polar surface area (TPSA) is 67.4 Å². The van der Waals surface area contributed by atoms with Crippen LogP contribution in [0.5, 0.6) is 0 Å². The SMILES string of the molecule is O=C(NCCc1cnccn1)N1CCOC[C@H]1c1ccc(F)cc1. The van der Waals surface area contributed by atoms with Crippen LogP contribution >= 0.6 is 0 Å². The minimum atomic E-state index is -0.296. The number of urea groups is 1. The van der Waals surface area contributed by atoms with E-state index in [1.807, 2.05) is 0 Å². The molecule has 1 aliphatic heterocycles. The zero-order valence-electron chi connectivity index (χ0n) is 13.2. The summed E-state index contributed by atoms with van der Waals surface area (Å²) < 4.78 is 18.6. The molecular formula is C17H19FN4O2. The molecule has 1 fully saturated rings. The van der Waals surface area contributed by atoms with E-state index in [4.69, 9.17) is 4.74 Å². The van der Waals surface area contributed by atoms with Crippen molar-refractivity contribution >= 4 is 6.03 Å². The molecule has 0 spiro atoms. The van der Waals surface area contributed by atoms with Crippen molar-refractivity contribution in [3.63, 3.8) is 0 Å². The molecule has 24 heavy (non-hydrogen) atoms. The van der Waals surface area contributed by atoms with Crippen molar-refractivity contribution in [2.24, 2.45) is 0 Å². The molecule has 0 bridgehead atoms. The lowest BCUT2D eigenvalue weighted by molar-refractivity contribution is 0.0117. The van der Waals surface area contributed by atoms with E-state index in [0.29, 0.717) is 32.7 Å². The summed E-state index contributed by atoms with van der Waals surface area (Å²) in [6.07, 6.45) is 5.54. The first-order valence-corrected chi connectivity index (χ1v) is 7.86. The number of carbonyl (C=O) groups is 1. The number of nitrogens with one attached hydrogen (secondary N) is 1. The van der Waals surface area contributed by atoms with E-state index in [2.05, 4.69) is 15.3 Å². The predicted octanol–water partition coefficient (Wildman–Crippen LogP) is 1.94. The van der Waals surface area contributed by atoms with Gasteiger partial charge >= 0.3 is 6.03 Å². The number of benzene rings is 1. The normalized spacial score (nSPS) is 17.5. The minimum absolute atomic E-state index is 0.156. The lowest BCUT2D eigenvalue weighted by Crippen LogP contribution is -2.48. The van der Waals surface area contributed by atoms with Crippen molar-refractivity contribution in [1.82, 2.24) is 20.2 Å². The average Bonchev–Trinajstić information content (AvgIpc) is 2.63. The quantitative estimate of drug-likeness (QED) is 0.930. The molecule has 7 heteroatoms. The van der Waals surface area contributed by atoms with Crippen molar-refractivity contribution < 1.29 is 13.9 Å². The van der Waals surface area contributed by atoms with Gasteiger partial charge < -0.3 is 15.0 Å². The van der Waals surface area contributed by atoms with Crippen molar-refractivity contribution in [1.29, 1.82) is 0 Å². The van der Waals surface area contributed by atoms with Gasteiger partial charge in [0.1, 0.15) is 5.82 Å². The highest BCUT2D eigenvalue weighted by Crippen LogP contribution is 2.24. The van der Waals surface area contributed by atoms with Gasteiger partial charge in [-0.2, -0.15) is 0 Å². The second kappa shape index (κ2) is 7.83. The summed E-state index contributed by atoms with van der Waals surface area (Å²) in [7, 11) is 0. The van der Waals surface area contributed by atoms with Crippen LogP contribution in [-0.4, -0.2) is 47.2 Å². The molecule has 6 nitrogen and oxygen atoms in total. The van der Waals surface area contributed by atoms with E-state index in [-0.39, 0.29) is 17.9 Å². The van der Waals surface area contributed by atoms with E-state index in [9.17, 15) is 9.18 Å². The molecule has 0 unspecified atom stereocenters. The fraction of sp³-hybridized carbons (Fsp3) is 0.353. The van der Waals surface area contributed by atoms with Crippen LogP contribution in [0.3, 0.4) is 0 Å². The van der Waals surface area contributed by atoms with Gasteiger partial charge in [0, 0.05) is 38.1 Å². The summed E-state index contributed by atoms with van der Waals surface area (Å²) >= 11 is 0. The van der Waals surface area contributed by atoms with Gasteiger partial charge in [0.05, 0.1) is 24.9 Å². The van der Waals surface area contributed by atoms with E-state index in [1.54, 1.807) is 35.6 Å². The third kappa shape index (κ3) is 4.05. The Morgan fingerprint density at radius 1 is 1.33 bits per heavy atom. The molecule has 1 aliphatic rings. The first-order chi connectivity index (χ1) is 11.7. The third-order valence-corrected chi connectivity index (χ3v) is 3.92.